The summed E-state index contributed by atoms with van der Waals surface area (Å²) >= 11 is 0. The number of carbonyl (C=O) groups is 2. The number of hydrogen-bond donors (Lipinski definition) is 3. The molecule has 0 saturated carbocycles. The van der Waals surface area contributed by atoms with Crippen molar-refractivity contribution in [1.29, 1.82) is 0 Å². The fourth-order valence-corrected chi connectivity index (χ4v) is 4.37. The molecule has 0 bridgehead atoms. The quantitative estimate of drug-likeness (QED) is 0.534. The molecule has 0 saturated heterocycles. The van der Waals surface area contributed by atoms with Gasteiger partial charge in [0.2, 0.25) is 5.91 Å². The van der Waals surface area contributed by atoms with Gasteiger partial charge < -0.3 is 10.6 Å². The second kappa shape index (κ2) is 9.01. The van der Waals surface area contributed by atoms with Gasteiger partial charge >= 0.3 is 0 Å². The molecule has 0 aromatic heterocycles. The average molecular weight is 438 g/mol. The summed E-state index contributed by atoms with van der Waals surface area (Å²) < 4.78 is 28.0. The van der Waals surface area contributed by atoms with Crippen LogP contribution in [-0.4, -0.2) is 20.2 Å². The van der Waals surface area contributed by atoms with Crippen molar-refractivity contribution < 1.29 is 18.0 Å². The topological polar surface area (TPSA) is 104 Å². The van der Waals surface area contributed by atoms with E-state index in [1.807, 2.05) is 13.0 Å². The SMILES string of the molecule is CC(=O)Nc1cccc(NC(=O)c2ccc(NS(=O)(=O)c3cc(C)ccc3C)cc2)c1. The van der Waals surface area contributed by atoms with E-state index in [1.165, 1.54) is 31.2 Å². The maximum Gasteiger partial charge on any atom is 0.262 e. The molecule has 0 atom stereocenters. The molecule has 3 aromatic carbocycles. The lowest BCUT2D eigenvalue weighted by molar-refractivity contribution is -0.114. The summed E-state index contributed by atoms with van der Waals surface area (Å²) in [5, 5.41) is 5.40. The van der Waals surface area contributed by atoms with Gasteiger partial charge in [0.25, 0.3) is 15.9 Å². The maximum atomic E-state index is 12.7. The van der Waals surface area contributed by atoms with E-state index in [-0.39, 0.29) is 16.7 Å². The minimum Gasteiger partial charge on any atom is -0.326 e. The minimum absolute atomic E-state index is 0.206. The molecule has 0 heterocycles. The predicted octanol–water partition coefficient (Wildman–Crippen LogP) is 4.31. The van der Waals surface area contributed by atoms with Crippen LogP contribution in [0.3, 0.4) is 0 Å². The smallest absolute Gasteiger partial charge is 0.262 e. The Morgan fingerprint density at radius 2 is 1.42 bits per heavy atom. The normalized spacial score (nSPS) is 10.9. The highest BCUT2D eigenvalue weighted by Crippen LogP contribution is 2.21. The molecule has 0 spiro atoms. The summed E-state index contributed by atoms with van der Waals surface area (Å²) in [4.78, 5) is 23.9. The van der Waals surface area contributed by atoms with Crippen LogP contribution in [0.15, 0.2) is 71.6 Å². The predicted molar refractivity (Wildman–Crippen MR) is 122 cm³/mol. The van der Waals surface area contributed by atoms with Crippen molar-refractivity contribution in [3.8, 4) is 0 Å². The largest absolute Gasteiger partial charge is 0.326 e. The molecule has 3 N–H and O–H groups in total. The molecule has 7 nitrogen and oxygen atoms in total. The van der Waals surface area contributed by atoms with Gasteiger partial charge in [-0.3, -0.25) is 14.3 Å². The van der Waals surface area contributed by atoms with E-state index >= 15 is 0 Å². The Hall–Kier alpha value is -3.65. The number of rotatable bonds is 6. The van der Waals surface area contributed by atoms with E-state index in [9.17, 15) is 18.0 Å². The van der Waals surface area contributed by atoms with Crippen LogP contribution in [0.5, 0.6) is 0 Å². The van der Waals surface area contributed by atoms with Crippen LogP contribution >= 0.6 is 0 Å². The second-order valence-electron chi connectivity index (χ2n) is 7.17. The first-order chi connectivity index (χ1) is 14.6. The number of nitrogens with one attached hydrogen (secondary N) is 3. The summed E-state index contributed by atoms with van der Waals surface area (Å²) in [5.74, 6) is -0.564. The monoisotopic (exact) mass is 437 g/mol. The number of aryl methyl sites for hydroxylation is 2. The number of anilines is 3. The molecule has 0 radical (unpaired) electrons. The number of benzene rings is 3. The standard InChI is InChI=1S/C23H23N3O4S/c1-15-7-8-16(2)22(13-15)31(29,30)26-19-11-9-18(10-12-19)23(28)25-21-6-4-5-20(14-21)24-17(3)27/h4-14,26H,1-3H3,(H,24,27)(H,25,28). The Bertz CT molecular complexity index is 1240. The lowest BCUT2D eigenvalue weighted by Gasteiger charge is -2.12. The molecular weight excluding hydrogens is 414 g/mol. The molecule has 0 fully saturated rings. The zero-order chi connectivity index (χ0) is 22.6. The molecule has 3 aromatic rings. The van der Waals surface area contributed by atoms with Crippen LogP contribution in [0, 0.1) is 13.8 Å². The zero-order valence-corrected chi connectivity index (χ0v) is 18.2. The highest BCUT2D eigenvalue weighted by Gasteiger charge is 2.17. The van der Waals surface area contributed by atoms with Crippen LogP contribution in [-0.2, 0) is 14.8 Å². The summed E-state index contributed by atoms with van der Waals surface area (Å²) in [7, 11) is -3.75. The first-order valence-corrected chi connectivity index (χ1v) is 11.0. The fraction of sp³-hybridized carbons (Fsp3) is 0.130. The summed E-state index contributed by atoms with van der Waals surface area (Å²) in [6.45, 7) is 4.97. The van der Waals surface area contributed by atoms with E-state index in [4.69, 9.17) is 0 Å². The molecule has 0 aliphatic heterocycles. The Morgan fingerprint density at radius 1 is 0.774 bits per heavy atom. The van der Waals surface area contributed by atoms with Gasteiger partial charge in [-0.1, -0.05) is 18.2 Å². The molecule has 0 unspecified atom stereocenters. The van der Waals surface area contributed by atoms with Crippen molar-refractivity contribution in [3.05, 3.63) is 83.4 Å². The molecule has 0 aliphatic rings. The van der Waals surface area contributed by atoms with Gasteiger partial charge in [0, 0.05) is 29.5 Å². The van der Waals surface area contributed by atoms with Crippen molar-refractivity contribution in [3.63, 3.8) is 0 Å². The van der Waals surface area contributed by atoms with Crippen LogP contribution in [0.1, 0.15) is 28.4 Å². The van der Waals surface area contributed by atoms with Gasteiger partial charge in [0.05, 0.1) is 4.90 Å². The molecule has 31 heavy (non-hydrogen) atoms. The summed E-state index contributed by atoms with van der Waals surface area (Å²) in [6.07, 6.45) is 0. The third kappa shape index (κ3) is 5.70. The number of amides is 2. The minimum atomic E-state index is -3.75. The lowest BCUT2D eigenvalue weighted by Crippen LogP contribution is -2.15. The Labute approximate surface area is 181 Å². The molecule has 160 valence electrons. The second-order valence-corrected chi connectivity index (χ2v) is 8.82. The van der Waals surface area contributed by atoms with Crippen molar-refractivity contribution in [1.82, 2.24) is 0 Å². The van der Waals surface area contributed by atoms with Crippen LogP contribution < -0.4 is 15.4 Å². The zero-order valence-electron chi connectivity index (χ0n) is 17.4. The molecule has 8 heteroatoms. The van der Waals surface area contributed by atoms with Crippen molar-refractivity contribution >= 4 is 38.9 Å². The Kier molecular flexibility index (Phi) is 6.41. The van der Waals surface area contributed by atoms with Gasteiger partial charge in [-0.25, -0.2) is 8.42 Å². The van der Waals surface area contributed by atoms with Crippen molar-refractivity contribution in [2.45, 2.75) is 25.7 Å². The van der Waals surface area contributed by atoms with Crippen molar-refractivity contribution in [2.24, 2.45) is 0 Å². The van der Waals surface area contributed by atoms with Crippen LogP contribution in [0.25, 0.3) is 0 Å². The van der Waals surface area contributed by atoms with Gasteiger partial charge in [0.15, 0.2) is 0 Å². The highest BCUT2D eigenvalue weighted by atomic mass is 32.2. The Balaban J connectivity index is 1.72. The van der Waals surface area contributed by atoms with Crippen LogP contribution in [0.4, 0.5) is 17.1 Å². The molecule has 2 amide bonds. The number of carbonyl (C=O) groups excluding carboxylic acids is 2. The van der Waals surface area contributed by atoms with E-state index in [0.29, 0.717) is 28.2 Å². The van der Waals surface area contributed by atoms with Crippen LogP contribution in [0.2, 0.25) is 0 Å². The third-order valence-corrected chi connectivity index (χ3v) is 6.00. The first-order valence-electron chi connectivity index (χ1n) is 9.53. The van der Waals surface area contributed by atoms with Gasteiger partial charge in [0.1, 0.15) is 0 Å². The van der Waals surface area contributed by atoms with Gasteiger partial charge in [-0.05, 0) is 73.5 Å². The highest BCUT2D eigenvalue weighted by molar-refractivity contribution is 7.92. The molecule has 0 aliphatic carbocycles. The van der Waals surface area contributed by atoms with Gasteiger partial charge in [-0.2, -0.15) is 0 Å². The molecular formula is C23H23N3O4S. The van der Waals surface area contributed by atoms with E-state index < -0.39 is 10.0 Å². The third-order valence-electron chi connectivity index (χ3n) is 4.47. The number of sulfonamides is 1. The Morgan fingerprint density at radius 3 is 2.06 bits per heavy atom. The van der Waals surface area contributed by atoms with E-state index in [0.717, 1.165) is 5.56 Å². The summed E-state index contributed by atoms with van der Waals surface area (Å²) in [5.41, 5.74) is 3.30. The van der Waals surface area contributed by atoms with E-state index in [1.54, 1.807) is 43.3 Å². The van der Waals surface area contributed by atoms with Crippen molar-refractivity contribution in [2.75, 3.05) is 15.4 Å². The average Bonchev–Trinajstić information content (AvgIpc) is 2.69. The summed E-state index contributed by atoms with van der Waals surface area (Å²) in [6, 6.07) is 18.2. The van der Waals surface area contributed by atoms with E-state index in [2.05, 4.69) is 15.4 Å². The maximum absolute atomic E-state index is 12.7. The number of hydrogen-bond acceptors (Lipinski definition) is 4. The first kappa shape index (κ1) is 22.0. The lowest BCUT2D eigenvalue weighted by atomic mass is 10.2. The van der Waals surface area contributed by atoms with Gasteiger partial charge in [-0.15, -0.1) is 0 Å². The molecule has 3 rings (SSSR count). The fourth-order valence-electron chi connectivity index (χ4n) is 2.98.